The fourth-order valence-electron chi connectivity index (χ4n) is 1.20. The number of nitrogens with two attached hydrogens (primary N) is 1. The van der Waals surface area contributed by atoms with Crippen LogP contribution in [0.25, 0.3) is 0 Å². The van der Waals surface area contributed by atoms with Gasteiger partial charge >= 0.3 is 0 Å². The Morgan fingerprint density at radius 3 is 2.29 bits per heavy atom. The largest absolute Gasteiger partial charge is 0.396 e. The van der Waals surface area contributed by atoms with E-state index in [9.17, 15) is 13.2 Å². The van der Waals surface area contributed by atoms with Crippen molar-refractivity contribution in [2.45, 2.75) is 5.92 Å². The zero-order valence-electron chi connectivity index (χ0n) is 7.30. The summed E-state index contributed by atoms with van der Waals surface area (Å²) in [7, 11) is 0. The van der Waals surface area contributed by atoms with Crippen molar-refractivity contribution in [2.75, 3.05) is 13.2 Å². The lowest BCUT2D eigenvalue weighted by Gasteiger charge is -2.13. The van der Waals surface area contributed by atoms with Crippen molar-refractivity contribution in [2.24, 2.45) is 5.73 Å². The van der Waals surface area contributed by atoms with Crippen LogP contribution in [0.1, 0.15) is 11.5 Å². The fraction of sp³-hybridized carbons (Fsp3) is 0.333. The minimum Gasteiger partial charge on any atom is -0.396 e. The predicted molar refractivity (Wildman–Crippen MR) is 45.2 cm³/mol. The zero-order chi connectivity index (χ0) is 10.7. The molecule has 0 saturated carbocycles. The first-order valence-corrected chi connectivity index (χ1v) is 4.06. The summed E-state index contributed by atoms with van der Waals surface area (Å²) in [4.78, 5) is 0. The van der Waals surface area contributed by atoms with Crippen molar-refractivity contribution >= 4 is 0 Å². The van der Waals surface area contributed by atoms with Gasteiger partial charge < -0.3 is 10.8 Å². The molecule has 0 aliphatic rings. The van der Waals surface area contributed by atoms with E-state index in [1.54, 1.807) is 0 Å². The van der Waals surface area contributed by atoms with Crippen LogP contribution in [0.2, 0.25) is 0 Å². The number of hydrogen-bond acceptors (Lipinski definition) is 2. The minimum atomic E-state index is -1.28. The maximum absolute atomic E-state index is 13.1. The second-order valence-corrected chi connectivity index (χ2v) is 2.87. The van der Waals surface area contributed by atoms with Gasteiger partial charge in [0.1, 0.15) is 5.82 Å². The van der Waals surface area contributed by atoms with E-state index in [-0.39, 0.29) is 6.54 Å². The third kappa shape index (κ3) is 1.88. The molecular formula is C9H10F3NO. The summed E-state index contributed by atoms with van der Waals surface area (Å²) in [6, 6.07) is 1.51. The molecule has 0 spiro atoms. The van der Waals surface area contributed by atoms with Gasteiger partial charge in [0, 0.05) is 18.0 Å². The Bertz CT molecular complexity index is 326. The van der Waals surface area contributed by atoms with E-state index >= 15 is 0 Å². The molecule has 1 unspecified atom stereocenters. The second kappa shape index (κ2) is 4.43. The molecule has 14 heavy (non-hydrogen) atoms. The van der Waals surface area contributed by atoms with Crippen LogP contribution in [0.3, 0.4) is 0 Å². The fourth-order valence-corrected chi connectivity index (χ4v) is 1.20. The number of rotatable bonds is 3. The third-order valence-electron chi connectivity index (χ3n) is 1.99. The number of aliphatic hydroxyl groups is 1. The van der Waals surface area contributed by atoms with Crippen LogP contribution in [0.5, 0.6) is 0 Å². The van der Waals surface area contributed by atoms with Gasteiger partial charge in [-0.25, -0.2) is 13.2 Å². The SMILES string of the molecule is NCC(CO)c1c(F)ccc(F)c1F. The Balaban J connectivity index is 3.23. The Kier molecular flexibility index (Phi) is 3.49. The van der Waals surface area contributed by atoms with Gasteiger partial charge in [-0.15, -0.1) is 0 Å². The predicted octanol–water partition coefficient (Wildman–Crippen LogP) is 1.14. The summed E-state index contributed by atoms with van der Waals surface area (Å²) in [5.41, 5.74) is 4.70. The number of benzene rings is 1. The average molecular weight is 205 g/mol. The van der Waals surface area contributed by atoms with E-state index in [2.05, 4.69) is 0 Å². The molecule has 2 nitrogen and oxygen atoms in total. The van der Waals surface area contributed by atoms with E-state index < -0.39 is 35.5 Å². The number of aliphatic hydroxyl groups excluding tert-OH is 1. The molecule has 0 heterocycles. The first kappa shape index (κ1) is 11.0. The molecule has 5 heteroatoms. The van der Waals surface area contributed by atoms with Crippen molar-refractivity contribution in [3.8, 4) is 0 Å². The summed E-state index contributed by atoms with van der Waals surface area (Å²) < 4.78 is 38.9. The smallest absolute Gasteiger partial charge is 0.165 e. The van der Waals surface area contributed by atoms with Gasteiger partial charge in [0.25, 0.3) is 0 Å². The van der Waals surface area contributed by atoms with Crippen molar-refractivity contribution < 1.29 is 18.3 Å². The van der Waals surface area contributed by atoms with Crippen LogP contribution in [-0.4, -0.2) is 18.3 Å². The average Bonchev–Trinajstić information content (AvgIpc) is 2.19. The van der Waals surface area contributed by atoms with E-state index in [4.69, 9.17) is 10.8 Å². The minimum absolute atomic E-state index is 0.145. The molecule has 0 aliphatic carbocycles. The highest BCUT2D eigenvalue weighted by Gasteiger charge is 2.20. The van der Waals surface area contributed by atoms with Crippen molar-refractivity contribution in [3.05, 3.63) is 35.1 Å². The lowest BCUT2D eigenvalue weighted by atomic mass is 9.99. The first-order chi connectivity index (χ1) is 6.61. The van der Waals surface area contributed by atoms with Crippen molar-refractivity contribution in [1.82, 2.24) is 0 Å². The van der Waals surface area contributed by atoms with Crippen LogP contribution in [0.4, 0.5) is 13.2 Å². The maximum Gasteiger partial charge on any atom is 0.165 e. The Hall–Kier alpha value is -1.07. The van der Waals surface area contributed by atoms with Crippen LogP contribution in [0.15, 0.2) is 12.1 Å². The molecule has 0 amide bonds. The third-order valence-corrected chi connectivity index (χ3v) is 1.99. The lowest BCUT2D eigenvalue weighted by molar-refractivity contribution is 0.261. The zero-order valence-corrected chi connectivity index (χ0v) is 7.30. The topological polar surface area (TPSA) is 46.2 Å². The monoisotopic (exact) mass is 205 g/mol. The van der Waals surface area contributed by atoms with Crippen LogP contribution in [0, 0.1) is 17.5 Å². The van der Waals surface area contributed by atoms with Gasteiger partial charge in [0.05, 0.1) is 6.61 Å². The van der Waals surface area contributed by atoms with Gasteiger partial charge in [-0.3, -0.25) is 0 Å². The molecule has 0 bridgehead atoms. The molecule has 3 N–H and O–H groups in total. The number of halogens is 3. The molecule has 0 aromatic heterocycles. The van der Waals surface area contributed by atoms with Crippen LogP contribution >= 0.6 is 0 Å². The highest BCUT2D eigenvalue weighted by Crippen LogP contribution is 2.23. The molecule has 1 aromatic rings. The second-order valence-electron chi connectivity index (χ2n) is 2.87. The van der Waals surface area contributed by atoms with E-state index in [1.807, 2.05) is 0 Å². The van der Waals surface area contributed by atoms with E-state index in [1.165, 1.54) is 0 Å². The molecule has 78 valence electrons. The summed E-state index contributed by atoms with van der Waals surface area (Å²) in [5, 5.41) is 8.78. The highest BCUT2D eigenvalue weighted by molar-refractivity contribution is 5.25. The standard InChI is InChI=1S/C9H10F3NO/c10-6-1-2-7(11)9(12)8(6)5(3-13)4-14/h1-2,5,14H,3-4,13H2. The van der Waals surface area contributed by atoms with Crippen molar-refractivity contribution in [1.29, 1.82) is 0 Å². The molecule has 1 rings (SSSR count). The van der Waals surface area contributed by atoms with Crippen LogP contribution in [-0.2, 0) is 0 Å². The number of hydrogen-bond donors (Lipinski definition) is 2. The highest BCUT2D eigenvalue weighted by atomic mass is 19.2. The summed E-state index contributed by atoms with van der Waals surface area (Å²) >= 11 is 0. The van der Waals surface area contributed by atoms with Gasteiger partial charge in [0.2, 0.25) is 0 Å². The summed E-state index contributed by atoms with van der Waals surface area (Å²) in [5.74, 6) is -4.23. The normalized spacial score (nSPS) is 12.9. The van der Waals surface area contributed by atoms with Gasteiger partial charge in [-0.05, 0) is 12.1 Å². The quantitative estimate of drug-likeness (QED) is 0.727. The Morgan fingerprint density at radius 1 is 1.21 bits per heavy atom. The molecule has 0 saturated heterocycles. The summed E-state index contributed by atoms with van der Waals surface area (Å²) in [6.07, 6.45) is 0. The van der Waals surface area contributed by atoms with Crippen molar-refractivity contribution in [3.63, 3.8) is 0 Å². The van der Waals surface area contributed by atoms with Crippen LogP contribution < -0.4 is 5.73 Å². The molecule has 0 fully saturated rings. The molecule has 0 aliphatic heterocycles. The van der Waals surface area contributed by atoms with Gasteiger partial charge in [0.15, 0.2) is 11.6 Å². The van der Waals surface area contributed by atoms with E-state index in [0.717, 1.165) is 6.07 Å². The Morgan fingerprint density at radius 2 is 1.79 bits per heavy atom. The molecule has 1 aromatic carbocycles. The van der Waals surface area contributed by atoms with Gasteiger partial charge in [-0.2, -0.15) is 0 Å². The van der Waals surface area contributed by atoms with E-state index in [0.29, 0.717) is 6.07 Å². The lowest BCUT2D eigenvalue weighted by Crippen LogP contribution is -2.19. The maximum atomic E-state index is 13.1. The first-order valence-electron chi connectivity index (χ1n) is 4.06. The molecule has 1 atom stereocenters. The Labute approximate surface area is 79.2 Å². The summed E-state index contributed by atoms with van der Waals surface area (Å²) in [6.45, 7) is -0.665. The molecule has 0 radical (unpaired) electrons. The molecular weight excluding hydrogens is 195 g/mol. The van der Waals surface area contributed by atoms with Gasteiger partial charge in [-0.1, -0.05) is 0 Å².